The second-order valence-electron chi connectivity index (χ2n) is 1.87. The summed E-state index contributed by atoms with van der Waals surface area (Å²) < 4.78 is 0. The predicted molar refractivity (Wildman–Crippen MR) is 41.4 cm³/mol. The van der Waals surface area contributed by atoms with Crippen LogP contribution in [0.2, 0.25) is 0 Å². The number of allylic oxidation sites excluding steroid dienone is 1. The van der Waals surface area contributed by atoms with Gasteiger partial charge in [0.25, 0.3) is 0 Å². The molecule has 0 atom stereocenters. The Balaban J connectivity index is 2.82. The first-order valence-electron chi connectivity index (χ1n) is 3.47. The third-order valence-corrected chi connectivity index (χ3v) is 0.986. The summed E-state index contributed by atoms with van der Waals surface area (Å²) in [6, 6.07) is 0. The second kappa shape index (κ2) is 7.66. The normalized spacial score (nSPS) is 10.9. The molecule has 0 fully saturated rings. The lowest BCUT2D eigenvalue weighted by atomic mass is 10.4. The van der Waals surface area contributed by atoms with Crippen LogP contribution in [0.3, 0.4) is 0 Å². The maximum absolute atomic E-state index is 5.26. The molecule has 0 bridgehead atoms. The van der Waals surface area contributed by atoms with E-state index in [1.165, 1.54) is 0 Å². The van der Waals surface area contributed by atoms with Crippen molar-refractivity contribution in [3.8, 4) is 0 Å². The molecule has 2 nitrogen and oxygen atoms in total. The molecule has 0 heterocycles. The highest BCUT2D eigenvalue weighted by atomic mass is 14.9. The van der Waals surface area contributed by atoms with E-state index in [-0.39, 0.29) is 0 Å². The summed E-state index contributed by atoms with van der Waals surface area (Å²) in [7, 11) is 0. The molecule has 0 aliphatic carbocycles. The van der Waals surface area contributed by atoms with Gasteiger partial charge in [-0.05, 0) is 6.42 Å². The average molecular weight is 128 g/mol. The third-order valence-electron chi connectivity index (χ3n) is 0.986. The van der Waals surface area contributed by atoms with Crippen molar-refractivity contribution in [2.24, 2.45) is 5.73 Å². The summed E-state index contributed by atoms with van der Waals surface area (Å²) in [5.74, 6) is 0. The minimum absolute atomic E-state index is 0.722. The number of hydrogen-bond donors (Lipinski definition) is 2. The summed E-state index contributed by atoms with van der Waals surface area (Å²) in [5, 5.41) is 3.16. The zero-order valence-electron chi connectivity index (χ0n) is 6.06. The van der Waals surface area contributed by atoms with Gasteiger partial charge in [0.15, 0.2) is 0 Å². The van der Waals surface area contributed by atoms with Crippen molar-refractivity contribution < 1.29 is 0 Å². The van der Waals surface area contributed by atoms with Crippen LogP contribution in [0.4, 0.5) is 0 Å². The van der Waals surface area contributed by atoms with Gasteiger partial charge in [0.2, 0.25) is 0 Å². The van der Waals surface area contributed by atoms with E-state index in [0.29, 0.717) is 0 Å². The summed E-state index contributed by atoms with van der Waals surface area (Å²) >= 11 is 0. The van der Waals surface area contributed by atoms with Crippen molar-refractivity contribution in [1.82, 2.24) is 5.32 Å². The highest BCUT2D eigenvalue weighted by Gasteiger charge is 1.75. The van der Waals surface area contributed by atoms with Gasteiger partial charge in [-0.3, -0.25) is 0 Å². The van der Waals surface area contributed by atoms with Gasteiger partial charge >= 0.3 is 0 Å². The lowest BCUT2D eigenvalue weighted by Crippen LogP contribution is -2.22. The van der Waals surface area contributed by atoms with Crippen LogP contribution in [0.25, 0.3) is 0 Å². The number of hydrogen-bond acceptors (Lipinski definition) is 2. The van der Waals surface area contributed by atoms with Crippen molar-refractivity contribution in [2.45, 2.75) is 13.3 Å². The van der Waals surface area contributed by atoms with Crippen LogP contribution < -0.4 is 11.1 Å². The predicted octanol–water partition coefficient (Wildman–Crippen LogP) is 0.501. The number of rotatable bonds is 5. The van der Waals surface area contributed by atoms with Crippen molar-refractivity contribution in [3.05, 3.63) is 12.2 Å². The molecule has 0 aromatic heterocycles. The Kier molecular flexibility index (Phi) is 7.37. The third kappa shape index (κ3) is 7.66. The summed E-state index contributed by atoms with van der Waals surface area (Å²) in [6.07, 6.45) is 5.38. The van der Waals surface area contributed by atoms with E-state index in [2.05, 4.69) is 24.4 Å². The zero-order chi connectivity index (χ0) is 6.95. The fourth-order valence-electron chi connectivity index (χ4n) is 0.537. The molecule has 0 spiro atoms. The quantitative estimate of drug-likeness (QED) is 0.418. The summed E-state index contributed by atoms with van der Waals surface area (Å²) in [4.78, 5) is 0. The Labute approximate surface area is 57.1 Å². The van der Waals surface area contributed by atoms with Crippen LogP contribution in [-0.4, -0.2) is 19.6 Å². The number of nitrogens with one attached hydrogen (secondary N) is 1. The highest BCUT2D eigenvalue weighted by Crippen LogP contribution is 1.75. The van der Waals surface area contributed by atoms with E-state index in [1.54, 1.807) is 0 Å². The monoisotopic (exact) mass is 128 g/mol. The minimum atomic E-state index is 0.722. The van der Waals surface area contributed by atoms with Gasteiger partial charge in [0, 0.05) is 19.6 Å². The van der Waals surface area contributed by atoms with E-state index in [0.717, 1.165) is 26.1 Å². The molecule has 9 heavy (non-hydrogen) atoms. The van der Waals surface area contributed by atoms with Crippen LogP contribution in [0, 0.1) is 0 Å². The molecule has 0 aromatic rings. The van der Waals surface area contributed by atoms with Crippen molar-refractivity contribution in [1.29, 1.82) is 0 Å². The molecule has 0 aromatic carbocycles. The van der Waals surface area contributed by atoms with E-state index in [1.807, 2.05) is 0 Å². The molecule has 54 valence electrons. The largest absolute Gasteiger partial charge is 0.329 e. The maximum Gasteiger partial charge on any atom is 0.0135 e. The topological polar surface area (TPSA) is 38.0 Å². The molecule has 0 aliphatic rings. The molecule has 3 N–H and O–H groups in total. The Morgan fingerprint density at radius 3 is 2.78 bits per heavy atom. The van der Waals surface area contributed by atoms with Gasteiger partial charge in [0.05, 0.1) is 0 Å². The SMILES string of the molecule is CC/C=C/CNCCN. The van der Waals surface area contributed by atoms with Gasteiger partial charge in [-0.2, -0.15) is 0 Å². The van der Waals surface area contributed by atoms with Gasteiger partial charge < -0.3 is 11.1 Å². The first-order valence-corrected chi connectivity index (χ1v) is 3.47. The fraction of sp³-hybridized carbons (Fsp3) is 0.714. The minimum Gasteiger partial charge on any atom is -0.329 e. The zero-order valence-corrected chi connectivity index (χ0v) is 6.06. The van der Waals surface area contributed by atoms with Crippen LogP contribution in [0.15, 0.2) is 12.2 Å². The molecule has 0 saturated carbocycles. The highest BCUT2D eigenvalue weighted by molar-refractivity contribution is 4.82. The van der Waals surface area contributed by atoms with Gasteiger partial charge in [-0.1, -0.05) is 19.1 Å². The van der Waals surface area contributed by atoms with Gasteiger partial charge in [-0.25, -0.2) is 0 Å². The smallest absolute Gasteiger partial charge is 0.0135 e. The van der Waals surface area contributed by atoms with E-state index < -0.39 is 0 Å². The first-order chi connectivity index (χ1) is 4.41. The van der Waals surface area contributed by atoms with E-state index >= 15 is 0 Å². The molecule has 0 rings (SSSR count). The molecule has 0 radical (unpaired) electrons. The Morgan fingerprint density at radius 2 is 2.22 bits per heavy atom. The van der Waals surface area contributed by atoms with E-state index in [9.17, 15) is 0 Å². The van der Waals surface area contributed by atoms with Gasteiger partial charge in [-0.15, -0.1) is 0 Å². The van der Waals surface area contributed by atoms with Gasteiger partial charge in [0.1, 0.15) is 0 Å². The fourth-order valence-corrected chi connectivity index (χ4v) is 0.537. The maximum atomic E-state index is 5.26. The van der Waals surface area contributed by atoms with Crippen LogP contribution in [0.1, 0.15) is 13.3 Å². The molecule has 0 saturated heterocycles. The molecule has 0 aliphatic heterocycles. The molecule has 0 unspecified atom stereocenters. The van der Waals surface area contributed by atoms with E-state index in [4.69, 9.17) is 5.73 Å². The summed E-state index contributed by atoms with van der Waals surface area (Å²) in [5.41, 5.74) is 5.26. The second-order valence-corrected chi connectivity index (χ2v) is 1.87. The molecule has 0 amide bonds. The van der Waals surface area contributed by atoms with Crippen LogP contribution >= 0.6 is 0 Å². The van der Waals surface area contributed by atoms with Crippen LogP contribution in [-0.2, 0) is 0 Å². The van der Waals surface area contributed by atoms with Crippen molar-refractivity contribution in [2.75, 3.05) is 19.6 Å². The molecular weight excluding hydrogens is 112 g/mol. The lowest BCUT2D eigenvalue weighted by Gasteiger charge is -1.94. The molecule has 2 heteroatoms. The van der Waals surface area contributed by atoms with Crippen molar-refractivity contribution in [3.63, 3.8) is 0 Å². The average Bonchev–Trinajstić information content (AvgIpc) is 1.89. The Morgan fingerprint density at radius 1 is 1.44 bits per heavy atom. The standard InChI is InChI=1S/C7H16N2/c1-2-3-4-6-9-7-5-8/h3-4,9H,2,5-8H2,1H3/b4-3+. The van der Waals surface area contributed by atoms with Crippen molar-refractivity contribution >= 4 is 0 Å². The Bertz CT molecular complexity index is 69.3. The first kappa shape index (κ1) is 8.66. The molecular formula is C7H16N2. The lowest BCUT2D eigenvalue weighted by molar-refractivity contribution is 0.752. The summed E-state index contributed by atoms with van der Waals surface area (Å²) in [6.45, 7) is 4.71. The number of nitrogens with two attached hydrogens (primary N) is 1. The van der Waals surface area contributed by atoms with Crippen LogP contribution in [0.5, 0.6) is 0 Å². The Hall–Kier alpha value is -0.340.